The smallest absolute Gasteiger partial charge is 0.306 e. The zero-order valence-corrected chi connectivity index (χ0v) is 9.31. The molecule has 6 heteroatoms. The van der Waals surface area contributed by atoms with Gasteiger partial charge in [0.05, 0.1) is 5.92 Å². The summed E-state index contributed by atoms with van der Waals surface area (Å²) in [5.74, 6) is -0.315. The molecule has 0 spiro atoms. The predicted octanol–water partition coefficient (Wildman–Crippen LogP) is 1.80. The maximum absolute atomic E-state index is 10.8. The Hall–Kier alpha value is -1.36. The van der Waals surface area contributed by atoms with Crippen LogP contribution in [0.5, 0.6) is 0 Å². The average Bonchev–Trinajstić information content (AvgIpc) is 2.70. The van der Waals surface area contributed by atoms with Crippen LogP contribution in [0.3, 0.4) is 0 Å². The van der Waals surface area contributed by atoms with Crippen molar-refractivity contribution in [2.24, 2.45) is 5.92 Å². The standard InChI is InChI=1S/C10H12ClN3O2/c11-8-3-4-9(14-13-8)12-7-2-1-6(5-7)10(15)16/h3-4,6-7H,1-2,5H2,(H,12,14)(H,15,16). The van der Waals surface area contributed by atoms with Crippen molar-refractivity contribution < 1.29 is 9.90 Å². The van der Waals surface area contributed by atoms with Crippen LogP contribution in [0.25, 0.3) is 0 Å². The molecule has 1 saturated carbocycles. The summed E-state index contributed by atoms with van der Waals surface area (Å²) in [6.45, 7) is 0. The molecule has 5 nitrogen and oxygen atoms in total. The SMILES string of the molecule is O=C(O)C1CCC(Nc2ccc(Cl)nn2)C1. The topological polar surface area (TPSA) is 75.1 Å². The number of aromatic nitrogens is 2. The van der Waals surface area contributed by atoms with Crippen molar-refractivity contribution in [3.8, 4) is 0 Å². The highest BCUT2D eigenvalue weighted by Crippen LogP contribution is 2.27. The Balaban J connectivity index is 1.92. The first-order valence-corrected chi connectivity index (χ1v) is 5.51. The number of nitrogens with one attached hydrogen (secondary N) is 1. The minimum Gasteiger partial charge on any atom is -0.481 e. The van der Waals surface area contributed by atoms with E-state index >= 15 is 0 Å². The highest BCUT2D eigenvalue weighted by atomic mass is 35.5. The Morgan fingerprint density at radius 2 is 2.25 bits per heavy atom. The van der Waals surface area contributed by atoms with Crippen molar-refractivity contribution in [1.29, 1.82) is 0 Å². The Morgan fingerprint density at radius 3 is 2.81 bits per heavy atom. The maximum atomic E-state index is 10.8. The van der Waals surface area contributed by atoms with Crippen LogP contribution in [-0.4, -0.2) is 27.3 Å². The van der Waals surface area contributed by atoms with Gasteiger partial charge in [0.15, 0.2) is 5.15 Å². The molecule has 0 amide bonds. The highest BCUT2D eigenvalue weighted by molar-refractivity contribution is 6.29. The van der Waals surface area contributed by atoms with Crippen LogP contribution >= 0.6 is 11.6 Å². The fourth-order valence-electron chi connectivity index (χ4n) is 1.94. The lowest BCUT2D eigenvalue weighted by Gasteiger charge is -2.12. The average molecular weight is 242 g/mol. The Kier molecular flexibility index (Phi) is 3.24. The number of hydrogen-bond donors (Lipinski definition) is 2. The first kappa shape index (κ1) is 11.1. The van der Waals surface area contributed by atoms with Gasteiger partial charge < -0.3 is 10.4 Å². The van der Waals surface area contributed by atoms with Gasteiger partial charge in [-0.05, 0) is 31.4 Å². The van der Waals surface area contributed by atoms with Gasteiger partial charge in [0.2, 0.25) is 0 Å². The third-order valence-electron chi connectivity index (χ3n) is 2.77. The number of halogens is 1. The van der Waals surface area contributed by atoms with Gasteiger partial charge >= 0.3 is 5.97 Å². The minimum atomic E-state index is -0.716. The third-order valence-corrected chi connectivity index (χ3v) is 2.97. The van der Waals surface area contributed by atoms with Crippen LogP contribution in [0, 0.1) is 5.92 Å². The summed E-state index contributed by atoms with van der Waals surface area (Å²) in [4.78, 5) is 10.8. The molecule has 0 aliphatic heterocycles. The van der Waals surface area contributed by atoms with Gasteiger partial charge in [-0.3, -0.25) is 4.79 Å². The molecule has 1 heterocycles. The first-order valence-electron chi connectivity index (χ1n) is 5.13. The van der Waals surface area contributed by atoms with E-state index in [-0.39, 0.29) is 12.0 Å². The Bertz CT molecular complexity index is 382. The highest BCUT2D eigenvalue weighted by Gasteiger charge is 2.29. The van der Waals surface area contributed by atoms with Gasteiger partial charge in [0.1, 0.15) is 5.82 Å². The molecule has 1 aliphatic carbocycles. The van der Waals surface area contributed by atoms with Crippen molar-refractivity contribution in [3.63, 3.8) is 0 Å². The molecule has 1 aliphatic rings. The monoisotopic (exact) mass is 241 g/mol. The molecule has 86 valence electrons. The van der Waals surface area contributed by atoms with Crippen LogP contribution in [0.2, 0.25) is 5.15 Å². The van der Waals surface area contributed by atoms with Crippen molar-refractivity contribution in [1.82, 2.24) is 10.2 Å². The number of anilines is 1. The van der Waals surface area contributed by atoms with Crippen molar-refractivity contribution in [3.05, 3.63) is 17.3 Å². The second-order valence-corrected chi connectivity index (χ2v) is 4.32. The van der Waals surface area contributed by atoms with E-state index in [1.54, 1.807) is 12.1 Å². The summed E-state index contributed by atoms with van der Waals surface area (Å²) in [6, 6.07) is 3.56. The fraction of sp³-hybridized carbons (Fsp3) is 0.500. The Labute approximate surface area is 97.8 Å². The van der Waals surface area contributed by atoms with Gasteiger partial charge in [-0.15, -0.1) is 10.2 Å². The number of nitrogens with zero attached hydrogens (tertiary/aromatic N) is 2. The number of aliphatic carboxylic acids is 1. The van der Waals surface area contributed by atoms with Crippen LogP contribution < -0.4 is 5.32 Å². The molecule has 2 atom stereocenters. The lowest BCUT2D eigenvalue weighted by Crippen LogP contribution is -2.18. The molecular weight excluding hydrogens is 230 g/mol. The number of carbonyl (C=O) groups is 1. The normalized spacial score (nSPS) is 24.3. The lowest BCUT2D eigenvalue weighted by atomic mass is 10.1. The Morgan fingerprint density at radius 1 is 1.44 bits per heavy atom. The van der Waals surface area contributed by atoms with E-state index < -0.39 is 5.97 Å². The largest absolute Gasteiger partial charge is 0.481 e. The molecule has 2 unspecified atom stereocenters. The van der Waals surface area contributed by atoms with E-state index in [1.165, 1.54) is 0 Å². The van der Waals surface area contributed by atoms with Crippen LogP contribution in [0.4, 0.5) is 5.82 Å². The van der Waals surface area contributed by atoms with E-state index in [4.69, 9.17) is 16.7 Å². The summed E-state index contributed by atoms with van der Waals surface area (Å²) in [5.41, 5.74) is 0. The molecule has 0 aromatic carbocycles. The van der Waals surface area contributed by atoms with Crippen LogP contribution in [-0.2, 0) is 4.79 Å². The van der Waals surface area contributed by atoms with Crippen molar-refractivity contribution in [2.45, 2.75) is 25.3 Å². The van der Waals surface area contributed by atoms with Gasteiger partial charge in [-0.2, -0.15) is 0 Å². The number of carboxylic acids is 1. The molecule has 2 rings (SSSR count). The van der Waals surface area contributed by atoms with Crippen LogP contribution in [0.1, 0.15) is 19.3 Å². The molecule has 1 fully saturated rings. The van der Waals surface area contributed by atoms with E-state index in [0.717, 1.165) is 6.42 Å². The summed E-state index contributed by atoms with van der Waals surface area (Å²) >= 11 is 5.61. The molecule has 0 bridgehead atoms. The summed E-state index contributed by atoms with van der Waals surface area (Å²) in [7, 11) is 0. The molecule has 2 N–H and O–H groups in total. The van der Waals surface area contributed by atoms with E-state index in [2.05, 4.69) is 15.5 Å². The summed E-state index contributed by atoms with van der Waals surface area (Å²) in [5, 5.41) is 19.9. The molecular formula is C10H12ClN3O2. The number of rotatable bonds is 3. The number of hydrogen-bond acceptors (Lipinski definition) is 4. The van der Waals surface area contributed by atoms with Gasteiger partial charge in [-0.1, -0.05) is 11.6 Å². The zero-order valence-electron chi connectivity index (χ0n) is 8.56. The molecule has 1 aromatic rings. The van der Waals surface area contributed by atoms with Crippen LogP contribution in [0.15, 0.2) is 12.1 Å². The first-order chi connectivity index (χ1) is 7.65. The van der Waals surface area contributed by atoms with Gasteiger partial charge in [-0.25, -0.2) is 0 Å². The lowest BCUT2D eigenvalue weighted by molar-refractivity contribution is -0.141. The van der Waals surface area contributed by atoms with Gasteiger partial charge in [0.25, 0.3) is 0 Å². The summed E-state index contributed by atoms with van der Waals surface area (Å²) < 4.78 is 0. The quantitative estimate of drug-likeness (QED) is 0.844. The molecule has 0 saturated heterocycles. The van der Waals surface area contributed by atoms with Gasteiger partial charge in [0, 0.05) is 6.04 Å². The zero-order chi connectivity index (χ0) is 11.5. The van der Waals surface area contributed by atoms with E-state index in [9.17, 15) is 4.79 Å². The number of carboxylic acid groups (broad SMARTS) is 1. The molecule has 16 heavy (non-hydrogen) atoms. The van der Waals surface area contributed by atoms with E-state index in [1.807, 2.05) is 0 Å². The molecule has 1 aromatic heterocycles. The fourth-order valence-corrected chi connectivity index (χ4v) is 2.04. The second-order valence-electron chi connectivity index (χ2n) is 3.93. The second kappa shape index (κ2) is 4.65. The van der Waals surface area contributed by atoms with E-state index in [0.29, 0.717) is 23.8 Å². The van der Waals surface area contributed by atoms with Crippen molar-refractivity contribution >= 4 is 23.4 Å². The third kappa shape index (κ3) is 2.61. The van der Waals surface area contributed by atoms with Crippen molar-refractivity contribution in [2.75, 3.05) is 5.32 Å². The predicted molar refractivity (Wildman–Crippen MR) is 59.4 cm³/mol. The maximum Gasteiger partial charge on any atom is 0.306 e. The molecule has 0 radical (unpaired) electrons. The summed E-state index contributed by atoms with van der Waals surface area (Å²) in [6.07, 6.45) is 2.20. The minimum absolute atomic E-state index is 0.163.